The lowest BCUT2D eigenvalue weighted by molar-refractivity contribution is -0.462. The van der Waals surface area contributed by atoms with Gasteiger partial charge in [-0.25, -0.2) is 0 Å². The van der Waals surface area contributed by atoms with Crippen molar-refractivity contribution in [3.8, 4) is 0 Å². The Labute approximate surface area is 218 Å². The Bertz CT molecular complexity index is 952. The maximum Gasteiger partial charge on any atom is 0.460 e. The number of halogens is 18. The summed E-state index contributed by atoms with van der Waals surface area (Å²) in [4.78, 5) is 0. The Morgan fingerprint density at radius 2 is 1.05 bits per heavy atom. The molecule has 0 aliphatic heterocycles. The highest BCUT2D eigenvalue weighted by Crippen LogP contribution is 2.64. The third-order valence-electron chi connectivity index (χ3n) is 7.98. The zero-order chi connectivity index (χ0) is 31.3. The predicted octanol–water partition coefficient (Wildman–Crippen LogP) is 7.42. The monoisotopic (exact) mass is 648 g/mol. The Morgan fingerprint density at radius 3 is 1.52 bits per heavy atom. The molecule has 7 atom stereocenters. The topological polar surface area (TPSA) is 29.5 Å². The molecule has 0 aromatic rings. The van der Waals surface area contributed by atoms with Crippen molar-refractivity contribution < 1.29 is 84.5 Å². The van der Waals surface area contributed by atoms with Gasteiger partial charge in [0.05, 0.1) is 24.2 Å². The zero-order valence-electron chi connectivity index (χ0n) is 19.2. The quantitative estimate of drug-likeness (QED) is 0.198. The largest absolute Gasteiger partial charge is 0.460 e. The summed E-state index contributed by atoms with van der Waals surface area (Å²) in [6.45, 7) is -1.62. The van der Waals surface area contributed by atoms with E-state index in [0.29, 0.717) is 12.8 Å². The van der Waals surface area contributed by atoms with E-state index in [1.165, 1.54) is 0 Å². The van der Waals surface area contributed by atoms with Gasteiger partial charge in [-0.3, -0.25) is 0 Å². The second-order valence-corrected chi connectivity index (χ2v) is 10.7. The molecule has 1 N–H and O–H groups in total. The number of aliphatic hydroxyl groups excluding tert-OH is 1. The van der Waals surface area contributed by atoms with Crippen molar-refractivity contribution in [1.82, 2.24) is 0 Å². The Balaban J connectivity index is 1.77. The number of alkyl halides is 18. The molecule has 0 saturated heterocycles. The summed E-state index contributed by atoms with van der Waals surface area (Å²) in [5.74, 6) is -57.7. The van der Waals surface area contributed by atoms with Crippen molar-refractivity contribution >= 4 is 11.6 Å². The molecule has 0 amide bonds. The third-order valence-corrected chi connectivity index (χ3v) is 8.42. The maximum atomic E-state index is 14.1. The van der Waals surface area contributed by atoms with Crippen LogP contribution in [0.3, 0.4) is 0 Å². The van der Waals surface area contributed by atoms with E-state index in [9.17, 15) is 79.7 Å². The van der Waals surface area contributed by atoms with Crippen LogP contribution in [0.2, 0.25) is 0 Å². The lowest BCUT2D eigenvalue weighted by Gasteiger charge is -2.42. The van der Waals surface area contributed by atoms with Gasteiger partial charge in [-0.2, -0.15) is 74.6 Å². The van der Waals surface area contributed by atoms with Gasteiger partial charge in [-0.05, 0) is 42.9 Å². The van der Waals surface area contributed by atoms with Crippen molar-refractivity contribution in [2.24, 2.45) is 23.7 Å². The van der Waals surface area contributed by atoms with E-state index in [4.69, 9.17) is 16.3 Å². The van der Waals surface area contributed by atoms with Crippen LogP contribution in [0.5, 0.6) is 0 Å². The predicted molar refractivity (Wildman–Crippen MR) is 98.5 cm³/mol. The number of ether oxygens (including phenoxy) is 1. The first-order chi connectivity index (χ1) is 17.6. The van der Waals surface area contributed by atoms with Crippen LogP contribution in [-0.4, -0.2) is 76.9 Å². The van der Waals surface area contributed by atoms with E-state index in [2.05, 4.69) is 0 Å². The number of hydrogen-bond acceptors (Lipinski definition) is 2. The van der Waals surface area contributed by atoms with Crippen LogP contribution in [0.1, 0.15) is 25.7 Å². The van der Waals surface area contributed by atoms with Crippen LogP contribution in [-0.2, 0) is 4.74 Å². The molecule has 3 aliphatic rings. The molecule has 0 aromatic carbocycles. The molecule has 0 aromatic heterocycles. The number of hydrogen-bond donors (Lipinski definition) is 1. The van der Waals surface area contributed by atoms with Crippen LogP contribution in [0, 0.1) is 23.7 Å². The minimum Gasteiger partial charge on any atom is -0.391 e. The molecule has 2 bridgehead atoms. The molecule has 3 rings (SSSR count). The van der Waals surface area contributed by atoms with Crippen LogP contribution in [0.15, 0.2) is 0 Å². The highest BCUT2D eigenvalue weighted by atomic mass is 35.5. The van der Waals surface area contributed by atoms with Crippen molar-refractivity contribution in [3.63, 3.8) is 0 Å². The number of fused-ring (bicyclic) bond motifs is 5. The van der Waals surface area contributed by atoms with Crippen LogP contribution in [0.4, 0.5) is 74.6 Å². The lowest BCUT2D eigenvalue weighted by atomic mass is 9.79. The summed E-state index contributed by atoms with van der Waals surface area (Å²) in [5, 5.41) is 9.51. The maximum absolute atomic E-state index is 14.1. The minimum absolute atomic E-state index is 0.0847. The number of aliphatic hydroxyl groups is 1. The first-order valence-corrected chi connectivity index (χ1v) is 11.7. The summed E-state index contributed by atoms with van der Waals surface area (Å²) in [5.41, 5.74) is 0. The van der Waals surface area contributed by atoms with Crippen molar-refractivity contribution in [1.29, 1.82) is 0 Å². The Morgan fingerprint density at radius 1 is 0.600 bits per heavy atom. The Hall–Kier alpha value is -0.980. The average molecular weight is 649 g/mol. The molecule has 3 fully saturated rings. The summed E-state index contributed by atoms with van der Waals surface area (Å²) in [7, 11) is 0. The molecule has 2 nitrogen and oxygen atoms in total. The molecule has 0 heterocycles. The van der Waals surface area contributed by atoms with Gasteiger partial charge in [-0.1, -0.05) is 0 Å². The smallest absolute Gasteiger partial charge is 0.391 e. The van der Waals surface area contributed by atoms with Crippen molar-refractivity contribution in [2.75, 3.05) is 6.61 Å². The molecule has 3 saturated carbocycles. The second kappa shape index (κ2) is 9.51. The highest BCUT2D eigenvalue weighted by Gasteiger charge is 2.95. The second-order valence-electron chi connectivity index (χ2n) is 10.2. The molecule has 0 radical (unpaired) electrons. The summed E-state index contributed by atoms with van der Waals surface area (Å²) < 4.78 is 232. The molecule has 5 unspecified atom stereocenters. The SMILES string of the molecule is OC1C(Cl)CC2C1[C@@H]1C[C@H]2CC1OCCC(F)(F)C(F)(F)C(F)(F)C(F)(F)C(F)(F)C(F)(F)C(F)(F)C(F)(F)F. The van der Waals surface area contributed by atoms with Crippen molar-refractivity contribution in [2.45, 2.75) is 90.9 Å². The Kier molecular flexibility index (Phi) is 7.97. The van der Waals surface area contributed by atoms with Crippen LogP contribution < -0.4 is 0 Å². The van der Waals surface area contributed by atoms with Gasteiger partial charge in [0.15, 0.2) is 0 Å². The van der Waals surface area contributed by atoms with Crippen LogP contribution in [0.25, 0.3) is 0 Å². The fraction of sp³-hybridized carbons (Fsp3) is 1.00. The summed E-state index contributed by atoms with van der Waals surface area (Å²) >= 11 is 5.97. The van der Waals surface area contributed by atoms with Gasteiger partial charge in [0.25, 0.3) is 0 Å². The normalized spacial score (nSPS) is 32.6. The number of rotatable bonds is 10. The van der Waals surface area contributed by atoms with Gasteiger partial charge >= 0.3 is 47.6 Å². The standard InChI is InChI=1S/C20H18ClF17O2/c21-9-5-7-6-3-8(11(7)12(9)39)10(4-6)40-2-1-13(22,23)14(24,25)15(26,27)16(28,29)17(30,31)18(32,33)19(34,35)20(36,37)38/h6-12,39H,1-5H2/t6-,7?,8+,9?,10?,11?,12?/m0/s1. The van der Waals surface area contributed by atoms with E-state index in [1.807, 2.05) is 0 Å². The van der Waals surface area contributed by atoms with Gasteiger partial charge < -0.3 is 9.84 Å². The van der Waals surface area contributed by atoms with Gasteiger partial charge in [0, 0.05) is 6.42 Å². The first kappa shape index (κ1) is 33.5. The third kappa shape index (κ3) is 4.35. The summed E-state index contributed by atoms with van der Waals surface area (Å²) in [6, 6.07) is 0. The van der Waals surface area contributed by atoms with Crippen LogP contribution >= 0.6 is 11.6 Å². The molecule has 40 heavy (non-hydrogen) atoms. The summed E-state index contributed by atoms with van der Waals surface area (Å²) in [6.07, 6.45) is -11.6. The van der Waals surface area contributed by atoms with E-state index < -0.39 is 90.1 Å². The minimum atomic E-state index is -8.64. The van der Waals surface area contributed by atoms with E-state index in [1.54, 1.807) is 0 Å². The van der Waals surface area contributed by atoms with Gasteiger partial charge in [0.1, 0.15) is 0 Å². The molecule has 3 aliphatic carbocycles. The van der Waals surface area contributed by atoms with Gasteiger partial charge in [-0.15, -0.1) is 11.6 Å². The fourth-order valence-corrected chi connectivity index (χ4v) is 6.21. The highest BCUT2D eigenvalue weighted by molar-refractivity contribution is 6.21. The van der Waals surface area contributed by atoms with E-state index in [0.717, 1.165) is 0 Å². The lowest BCUT2D eigenvalue weighted by Crippen LogP contribution is -2.74. The van der Waals surface area contributed by atoms with E-state index in [-0.39, 0.29) is 18.3 Å². The molecular weight excluding hydrogens is 631 g/mol. The molecule has 236 valence electrons. The van der Waals surface area contributed by atoms with Crippen molar-refractivity contribution in [3.05, 3.63) is 0 Å². The zero-order valence-corrected chi connectivity index (χ0v) is 20.0. The van der Waals surface area contributed by atoms with E-state index >= 15 is 0 Å². The first-order valence-electron chi connectivity index (χ1n) is 11.3. The molecular formula is C20H18ClF17O2. The average Bonchev–Trinajstić information content (AvgIpc) is 3.43. The molecule has 20 heteroatoms. The fourth-order valence-electron chi connectivity index (χ4n) is 5.84. The van der Waals surface area contributed by atoms with Gasteiger partial charge in [0.2, 0.25) is 0 Å². The molecule has 0 spiro atoms.